The molecule has 1 N–H and O–H groups in total. The van der Waals surface area contributed by atoms with Crippen molar-refractivity contribution in [2.24, 2.45) is 11.8 Å². The Bertz CT molecular complexity index is 246. The molecule has 16 heavy (non-hydrogen) atoms. The van der Waals surface area contributed by atoms with Crippen LogP contribution in [-0.4, -0.2) is 50.3 Å². The summed E-state index contributed by atoms with van der Waals surface area (Å²) >= 11 is 0. The summed E-state index contributed by atoms with van der Waals surface area (Å²) in [6.45, 7) is 4.51. The van der Waals surface area contributed by atoms with E-state index in [-0.39, 0.29) is 0 Å². The monoisotopic (exact) mass is 224 g/mol. The Morgan fingerprint density at radius 1 is 1.31 bits per heavy atom. The molecule has 0 aromatic heterocycles. The van der Waals surface area contributed by atoms with Gasteiger partial charge >= 0.3 is 0 Å². The summed E-state index contributed by atoms with van der Waals surface area (Å²) in [4.78, 5) is 2.73. The lowest BCUT2D eigenvalue weighted by Crippen LogP contribution is -2.48. The lowest BCUT2D eigenvalue weighted by molar-refractivity contribution is 0.0140. The predicted octanol–water partition coefficient (Wildman–Crippen LogP) is 1.10. The molecule has 3 nitrogen and oxygen atoms in total. The minimum absolute atomic E-state index is 0.674. The first-order valence-corrected chi connectivity index (χ1v) is 6.86. The number of likely N-dealkylation sites (tertiary alicyclic amines) is 1. The van der Waals surface area contributed by atoms with Crippen molar-refractivity contribution in [3.63, 3.8) is 0 Å². The van der Waals surface area contributed by atoms with Crippen LogP contribution in [0.4, 0.5) is 0 Å². The van der Waals surface area contributed by atoms with Gasteiger partial charge in [0.1, 0.15) is 0 Å². The number of rotatable bonds is 3. The number of nitrogens with zero attached hydrogens (tertiary/aromatic N) is 1. The zero-order chi connectivity index (χ0) is 11.0. The second-order valence-corrected chi connectivity index (χ2v) is 5.81. The second-order valence-electron chi connectivity index (χ2n) is 5.81. The van der Waals surface area contributed by atoms with Crippen LogP contribution in [-0.2, 0) is 4.74 Å². The van der Waals surface area contributed by atoms with Crippen molar-refractivity contribution in [2.45, 2.75) is 37.8 Å². The largest absolute Gasteiger partial charge is 0.381 e. The lowest BCUT2D eigenvalue weighted by Gasteiger charge is -2.36. The van der Waals surface area contributed by atoms with Crippen LogP contribution in [0.1, 0.15) is 25.7 Å². The van der Waals surface area contributed by atoms with E-state index in [0.717, 1.165) is 25.2 Å². The average molecular weight is 224 g/mol. The van der Waals surface area contributed by atoms with Gasteiger partial charge in [0.05, 0.1) is 6.61 Å². The van der Waals surface area contributed by atoms with Gasteiger partial charge in [-0.1, -0.05) is 0 Å². The summed E-state index contributed by atoms with van der Waals surface area (Å²) < 4.78 is 5.64. The molecule has 3 rings (SSSR count). The zero-order valence-electron chi connectivity index (χ0n) is 10.3. The highest BCUT2D eigenvalue weighted by Gasteiger charge is 2.39. The lowest BCUT2D eigenvalue weighted by atomic mass is 9.94. The van der Waals surface area contributed by atoms with Crippen LogP contribution in [0.25, 0.3) is 0 Å². The summed E-state index contributed by atoms with van der Waals surface area (Å²) in [5, 5.41) is 3.47. The van der Waals surface area contributed by atoms with Crippen molar-refractivity contribution in [2.75, 3.05) is 33.4 Å². The molecule has 0 aromatic rings. The molecule has 3 fully saturated rings. The number of nitrogens with one attached hydrogen (secondary N) is 1. The third-order valence-corrected chi connectivity index (χ3v) is 4.84. The van der Waals surface area contributed by atoms with Crippen LogP contribution in [0.3, 0.4) is 0 Å². The van der Waals surface area contributed by atoms with Gasteiger partial charge < -0.3 is 10.1 Å². The minimum Gasteiger partial charge on any atom is -0.381 e. The first-order chi connectivity index (χ1) is 7.86. The van der Waals surface area contributed by atoms with Gasteiger partial charge in [-0.3, -0.25) is 4.90 Å². The summed E-state index contributed by atoms with van der Waals surface area (Å²) in [5.74, 6) is 1.72. The second kappa shape index (κ2) is 4.63. The quantitative estimate of drug-likeness (QED) is 0.777. The van der Waals surface area contributed by atoms with Gasteiger partial charge in [-0.25, -0.2) is 0 Å². The normalized spacial score (nSPS) is 44.1. The summed E-state index contributed by atoms with van der Waals surface area (Å²) in [6.07, 6.45) is 5.58. The van der Waals surface area contributed by atoms with E-state index in [4.69, 9.17) is 4.74 Å². The minimum atomic E-state index is 0.674. The maximum atomic E-state index is 5.64. The maximum Gasteiger partial charge on any atom is 0.0521 e. The highest BCUT2D eigenvalue weighted by Crippen LogP contribution is 2.38. The third kappa shape index (κ3) is 2.01. The molecule has 2 bridgehead atoms. The van der Waals surface area contributed by atoms with Gasteiger partial charge in [-0.2, -0.15) is 0 Å². The maximum absolute atomic E-state index is 5.64. The molecule has 1 aliphatic carbocycles. The fraction of sp³-hybridized carbons (Fsp3) is 1.00. The van der Waals surface area contributed by atoms with Gasteiger partial charge in [0.2, 0.25) is 0 Å². The number of hydrogen-bond acceptors (Lipinski definition) is 3. The van der Waals surface area contributed by atoms with Gasteiger partial charge in [0.25, 0.3) is 0 Å². The molecule has 2 aliphatic heterocycles. The molecule has 2 heterocycles. The number of piperidine rings is 1. The van der Waals surface area contributed by atoms with E-state index in [2.05, 4.69) is 17.3 Å². The van der Waals surface area contributed by atoms with Crippen LogP contribution in [0.2, 0.25) is 0 Å². The number of hydrogen-bond donors (Lipinski definition) is 1. The molecule has 3 aliphatic rings. The van der Waals surface area contributed by atoms with Crippen molar-refractivity contribution < 1.29 is 4.74 Å². The summed E-state index contributed by atoms with van der Waals surface area (Å²) in [5.41, 5.74) is 0. The van der Waals surface area contributed by atoms with Crippen molar-refractivity contribution in [3.8, 4) is 0 Å². The SMILES string of the molecule is CNC1CCOCC1CN1CC2CCC1C2. The molecule has 0 aromatic carbocycles. The molecule has 92 valence electrons. The first-order valence-electron chi connectivity index (χ1n) is 6.86. The van der Waals surface area contributed by atoms with Gasteiger partial charge in [-0.05, 0) is 38.6 Å². The van der Waals surface area contributed by atoms with E-state index in [1.54, 1.807) is 0 Å². The van der Waals surface area contributed by atoms with Crippen molar-refractivity contribution in [3.05, 3.63) is 0 Å². The fourth-order valence-corrected chi connectivity index (χ4v) is 3.91. The van der Waals surface area contributed by atoms with Crippen molar-refractivity contribution in [1.82, 2.24) is 10.2 Å². The molecule has 4 atom stereocenters. The molecule has 2 saturated heterocycles. The molecule has 1 saturated carbocycles. The topological polar surface area (TPSA) is 24.5 Å². The Morgan fingerprint density at radius 3 is 2.94 bits per heavy atom. The molecule has 0 amide bonds. The molecular formula is C13H24N2O. The first kappa shape index (κ1) is 11.0. The van der Waals surface area contributed by atoms with Crippen LogP contribution in [0, 0.1) is 11.8 Å². The molecule has 3 heteroatoms. The van der Waals surface area contributed by atoms with E-state index in [1.807, 2.05) is 0 Å². The third-order valence-electron chi connectivity index (χ3n) is 4.84. The molecule has 0 radical (unpaired) electrons. The Balaban J connectivity index is 1.56. The Kier molecular flexibility index (Phi) is 3.18. The van der Waals surface area contributed by atoms with Crippen LogP contribution < -0.4 is 5.32 Å². The zero-order valence-corrected chi connectivity index (χ0v) is 10.3. The molecular weight excluding hydrogens is 200 g/mol. The average Bonchev–Trinajstić information content (AvgIpc) is 2.92. The van der Waals surface area contributed by atoms with Gasteiger partial charge in [0.15, 0.2) is 0 Å². The van der Waals surface area contributed by atoms with E-state index in [0.29, 0.717) is 12.0 Å². The van der Waals surface area contributed by atoms with E-state index >= 15 is 0 Å². The molecule has 4 unspecified atom stereocenters. The van der Waals surface area contributed by atoms with Crippen LogP contribution >= 0.6 is 0 Å². The van der Waals surface area contributed by atoms with Crippen molar-refractivity contribution >= 4 is 0 Å². The predicted molar refractivity (Wildman–Crippen MR) is 64.5 cm³/mol. The molecule has 0 spiro atoms. The summed E-state index contributed by atoms with van der Waals surface area (Å²) in [6, 6.07) is 1.58. The highest BCUT2D eigenvalue weighted by atomic mass is 16.5. The van der Waals surface area contributed by atoms with Crippen LogP contribution in [0.5, 0.6) is 0 Å². The van der Waals surface area contributed by atoms with Crippen LogP contribution in [0.15, 0.2) is 0 Å². The van der Waals surface area contributed by atoms with E-state index in [9.17, 15) is 0 Å². The van der Waals surface area contributed by atoms with Crippen molar-refractivity contribution in [1.29, 1.82) is 0 Å². The smallest absolute Gasteiger partial charge is 0.0521 e. The highest BCUT2D eigenvalue weighted by molar-refractivity contribution is 4.94. The van der Waals surface area contributed by atoms with E-state index < -0.39 is 0 Å². The Morgan fingerprint density at radius 2 is 2.25 bits per heavy atom. The van der Waals surface area contributed by atoms with Gasteiger partial charge in [0, 0.05) is 37.7 Å². The number of ether oxygens (including phenoxy) is 1. The Hall–Kier alpha value is -0.120. The fourth-order valence-electron chi connectivity index (χ4n) is 3.91. The van der Waals surface area contributed by atoms with E-state index in [1.165, 1.54) is 38.8 Å². The Labute approximate surface area is 98.5 Å². The van der Waals surface area contributed by atoms with Gasteiger partial charge in [-0.15, -0.1) is 0 Å². The number of fused-ring (bicyclic) bond motifs is 2. The standard InChI is InChI=1S/C13H24N2O/c1-14-13-4-5-16-9-11(13)8-15-7-10-2-3-12(15)6-10/h10-14H,2-9H2,1H3. The summed E-state index contributed by atoms with van der Waals surface area (Å²) in [7, 11) is 2.10.